The third kappa shape index (κ3) is 3.37. The molecule has 0 radical (unpaired) electrons. The monoisotopic (exact) mass is 472 g/mol. The molecule has 8 heteroatoms. The Labute approximate surface area is 196 Å². The van der Waals surface area contributed by atoms with Crippen LogP contribution in [0.15, 0.2) is 65.8 Å². The van der Waals surface area contributed by atoms with Gasteiger partial charge in [-0.2, -0.15) is 10.4 Å². The zero-order valence-electron chi connectivity index (χ0n) is 18.9. The highest BCUT2D eigenvalue weighted by atomic mass is 32.2. The number of hydrogen-bond donors (Lipinski definition) is 0. The molecule has 0 bridgehead atoms. The van der Waals surface area contributed by atoms with Gasteiger partial charge in [0.1, 0.15) is 11.6 Å². The van der Waals surface area contributed by atoms with Crippen LogP contribution in [0.2, 0.25) is 0 Å². The molecule has 0 aliphatic carbocycles. The standard InChI is InChI=1S/C26H21FN4O2S/c1-16-4-8-21(9-5-16)34(32,33)31-11-10-22-23(17(2)12-18(3)26(22)31)15-30-14-20-7-6-19(13-28)24(27)25(20)29-30/h4-12,14H,15H2,1-3H3. The van der Waals surface area contributed by atoms with Crippen LogP contribution in [-0.4, -0.2) is 22.2 Å². The summed E-state index contributed by atoms with van der Waals surface area (Å²) in [5, 5.41) is 14.8. The number of rotatable bonds is 4. The topological polar surface area (TPSA) is 80.7 Å². The molecular formula is C26H21FN4O2S. The lowest BCUT2D eigenvalue weighted by Crippen LogP contribution is -2.13. The van der Waals surface area contributed by atoms with Gasteiger partial charge in [0.25, 0.3) is 10.0 Å². The average Bonchev–Trinajstić information content (AvgIpc) is 3.43. The van der Waals surface area contributed by atoms with Crippen molar-refractivity contribution in [3.8, 4) is 6.07 Å². The maximum atomic E-state index is 14.6. The number of hydrogen-bond acceptors (Lipinski definition) is 4. The molecule has 2 aromatic heterocycles. The van der Waals surface area contributed by atoms with E-state index < -0.39 is 15.8 Å². The van der Waals surface area contributed by atoms with Crippen LogP contribution in [0.25, 0.3) is 21.8 Å². The normalized spacial score (nSPS) is 11.9. The molecule has 0 spiro atoms. The van der Waals surface area contributed by atoms with E-state index in [1.807, 2.05) is 32.9 Å². The molecule has 0 aliphatic heterocycles. The summed E-state index contributed by atoms with van der Waals surface area (Å²) in [5.41, 5.74) is 4.39. The van der Waals surface area contributed by atoms with Gasteiger partial charge >= 0.3 is 0 Å². The van der Waals surface area contributed by atoms with Gasteiger partial charge in [0.2, 0.25) is 0 Å². The van der Waals surface area contributed by atoms with E-state index in [9.17, 15) is 12.8 Å². The summed E-state index contributed by atoms with van der Waals surface area (Å²) in [4.78, 5) is 0.222. The van der Waals surface area contributed by atoms with Crippen molar-refractivity contribution in [2.45, 2.75) is 32.2 Å². The zero-order chi connectivity index (χ0) is 24.2. The molecule has 0 aliphatic rings. The molecule has 0 fully saturated rings. The highest BCUT2D eigenvalue weighted by Crippen LogP contribution is 2.31. The van der Waals surface area contributed by atoms with Gasteiger partial charge < -0.3 is 0 Å². The number of nitrogens with zero attached hydrogens (tertiary/aromatic N) is 4. The van der Waals surface area contributed by atoms with E-state index >= 15 is 0 Å². The first-order valence-corrected chi connectivity index (χ1v) is 12.1. The number of aromatic nitrogens is 3. The predicted octanol–water partition coefficient (Wildman–Crippen LogP) is 5.21. The smallest absolute Gasteiger partial charge is 0.267 e. The summed E-state index contributed by atoms with van der Waals surface area (Å²) in [6, 6.07) is 15.5. The Kier molecular flexibility index (Phi) is 5.03. The highest BCUT2D eigenvalue weighted by molar-refractivity contribution is 7.90. The van der Waals surface area contributed by atoms with Crippen LogP contribution >= 0.6 is 0 Å². The van der Waals surface area contributed by atoms with Gasteiger partial charge in [0, 0.05) is 23.2 Å². The van der Waals surface area contributed by atoms with Crippen molar-refractivity contribution < 1.29 is 12.8 Å². The summed E-state index contributed by atoms with van der Waals surface area (Å²) in [7, 11) is -3.78. The van der Waals surface area contributed by atoms with Crippen LogP contribution < -0.4 is 0 Å². The van der Waals surface area contributed by atoms with Gasteiger partial charge in [-0.05, 0) is 67.8 Å². The van der Waals surface area contributed by atoms with Crippen LogP contribution in [0.4, 0.5) is 4.39 Å². The molecule has 0 saturated carbocycles. The Morgan fingerprint density at radius 2 is 1.76 bits per heavy atom. The molecule has 0 saturated heterocycles. The first-order chi connectivity index (χ1) is 16.2. The SMILES string of the molecule is Cc1ccc(S(=O)(=O)n2ccc3c(Cn4cc5ccc(C#N)c(F)c5n4)c(C)cc(C)c32)cc1. The largest absolute Gasteiger partial charge is 0.268 e. The number of fused-ring (bicyclic) bond motifs is 2. The number of benzene rings is 3. The van der Waals surface area contributed by atoms with Crippen LogP contribution in [0.1, 0.15) is 27.8 Å². The molecule has 0 atom stereocenters. The zero-order valence-corrected chi connectivity index (χ0v) is 19.7. The van der Waals surface area contributed by atoms with Crippen molar-refractivity contribution in [1.29, 1.82) is 5.26 Å². The quantitative estimate of drug-likeness (QED) is 0.360. The summed E-state index contributed by atoms with van der Waals surface area (Å²) in [5.74, 6) is -0.639. The lowest BCUT2D eigenvalue weighted by molar-refractivity contribution is 0.589. The summed E-state index contributed by atoms with van der Waals surface area (Å²) < 4.78 is 44.3. The van der Waals surface area contributed by atoms with Crippen LogP contribution in [0.3, 0.4) is 0 Å². The van der Waals surface area contributed by atoms with E-state index in [0.29, 0.717) is 17.4 Å². The first-order valence-electron chi connectivity index (χ1n) is 10.7. The lowest BCUT2D eigenvalue weighted by Gasteiger charge is -2.14. The second kappa shape index (κ2) is 7.82. The van der Waals surface area contributed by atoms with E-state index in [1.54, 1.807) is 53.5 Å². The van der Waals surface area contributed by atoms with Crippen molar-refractivity contribution in [3.63, 3.8) is 0 Å². The molecule has 170 valence electrons. The van der Waals surface area contributed by atoms with E-state index in [4.69, 9.17) is 5.26 Å². The van der Waals surface area contributed by atoms with Crippen molar-refractivity contribution in [3.05, 3.63) is 94.6 Å². The molecule has 3 aromatic carbocycles. The maximum Gasteiger partial charge on any atom is 0.268 e. The summed E-state index contributed by atoms with van der Waals surface area (Å²) in [6.07, 6.45) is 3.30. The van der Waals surface area contributed by atoms with E-state index in [0.717, 1.165) is 27.6 Å². The Hall–Kier alpha value is -3.96. The van der Waals surface area contributed by atoms with Crippen LogP contribution in [0.5, 0.6) is 0 Å². The van der Waals surface area contributed by atoms with Crippen molar-refractivity contribution in [1.82, 2.24) is 13.8 Å². The lowest BCUT2D eigenvalue weighted by atomic mass is 10.0. The molecule has 6 nitrogen and oxygen atoms in total. The Morgan fingerprint density at radius 1 is 1.03 bits per heavy atom. The Bertz CT molecular complexity index is 1740. The maximum absolute atomic E-state index is 14.6. The van der Waals surface area contributed by atoms with E-state index in [-0.39, 0.29) is 16.0 Å². The molecule has 2 heterocycles. The molecule has 0 amide bonds. The molecular weight excluding hydrogens is 451 g/mol. The van der Waals surface area contributed by atoms with Crippen molar-refractivity contribution in [2.75, 3.05) is 0 Å². The summed E-state index contributed by atoms with van der Waals surface area (Å²) in [6.45, 7) is 6.09. The minimum absolute atomic E-state index is 0.0509. The first kappa shape index (κ1) is 21.9. The number of halogens is 1. The van der Waals surface area contributed by atoms with E-state index in [2.05, 4.69) is 5.10 Å². The third-order valence-corrected chi connectivity index (χ3v) is 7.83. The number of nitriles is 1. The second-order valence-corrected chi connectivity index (χ2v) is 10.3. The molecule has 0 N–H and O–H groups in total. The number of aryl methyl sites for hydroxylation is 3. The van der Waals surface area contributed by atoms with Gasteiger partial charge in [-0.25, -0.2) is 16.8 Å². The van der Waals surface area contributed by atoms with Crippen LogP contribution in [-0.2, 0) is 16.6 Å². The van der Waals surface area contributed by atoms with Gasteiger partial charge in [-0.3, -0.25) is 4.68 Å². The van der Waals surface area contributed by atoms with Crippen molar-refractivity contribution >= 4 is 31.8 Å². The average molecular weight is 473 g/mol. The summed E-state index contributed by atoms with van der Waals surface area (Å²) >= 11 is 0. The molecule has 5 rings (SSSR count). The second-order valence-electron chi connectivity index (χ2n) is 8.48. The molecule has 5 aromatic rings. The molecule has 0 unspecified atom stereocenters. The van der Waals surface area contributed by atoms with Crippen molar-refractivity contribution in [2.24, 2.45) is 0 Å². The van der Waals surface area contributed by atoms with Gasteiger partial charge in [-0.1, -0.05) is 23.8 Å². The minimum atomic E-state index is -3.78. The van der Waals surface area contributed by atoms with Gasteiger partial charge in [0.05, 0.1) is 22.5 Å². The Morgan fingerprint density at radius 3 is 2.47 bits per heavy atom. The predicted molar refractivity (Wildman–Crippen MR) is 129 cm³/mol. The third-order valence-electron chi connectivity index (χ3n) is 6.14. The Balaban J connectivity index is 1.65. The minimum Gasteiger partial charge on any atom is -0.267 e. The fraction of sp³-hybridized carbons (Fsp3) is 0.154. The molecule has 34 heavy (non-hydrogen) atoms. The fourth-order valence-electron chi connectivity index (χ4n) is 4.40. The van der Waals surface area contributed by atoms with E-state index in [1.165, 1.54) is 10.0 Å². The van der Waals surface area contributed by atoms with Gasteiger partial charge in [0.15, 0.2) is 5.82 Å². The van der Waals surface area contributed by atoms with Gasteiger partial charge in [-0.15, -0.1) is 0 Å². The van der Waals surface area contributed by atoms with Crippen LogP contribution in [0, 0.1) is 37.9 Å². The highest BCUT2D eigenvalue weighted by Gasteiger charge is 2.22. The fourth-order valence-corrected chi connectivity index (χ4v) is 5.81.